The van der Waals surface area contributed by atoms with E-state index in [0.29, 0.717) is 6.54 Å². The molecule has 0 aliphatic heterocycles. The van der Waals surface area contributed by atoms with Gasteiger partial charge in [-0.3, -0.25) is 9.59 Å². The molecule has 0 atom stereocenters. The summed E-state index contributed by atoms with van der Waals surface area (Å²) in [5.41, 5.74) is 1.75. The summed E-state index contributed by atoms with van der Waals surface area (Å²) in [7, 11) is 1.62. The highest BCUT2D eigenvalue weighted by Crippen LogP contribution is 2.19. The molecule has 5 nitrogen and oxygen atoms in total. The van der Waals surface area contributed by atoms with E-state index in [-0.39, 0.29) is 23.3 Å². The number of ether oxygens (including phenoxy) is 1. The fraction of sp³-hybridized carbons (Fsp3) is 0.182. The molecule has 28 heavy (non-hydrogen) atoms. The third kappa shape index (κ3) is 5.76. The van der Waals surface area contributed by atoms with E-state index in [0.717, 1.165) is 27.8 Å². The molecule has 0 bridgehead atoms. The van der Waals surface area contributed by atoms with E-state index in [2.05, 4.69) is 10.6 Å². The quantitative estimate of drug-likeness (QED) is 0.609. The van der Waals surface area contributed by atoms with Crippen LogP contribution in [0.15, 0.2) is 66.7 Å². The topological polar surface area (TPSA) is 67.4 Å². The molecule has 0 saturated heterocycles. The minimum atomic E-state index is -0.122. The summed E-state index contributed by atoms with van der Waals surface area (Å²) in [6.07, 6.45) is 0. The molecule has 0 aromatic heterocycles. The summed E-state index contributed by atoms with van der Waals surface area (Å²) >= 11 is 1.29. The number of carbonyl (C=O) groups excluding carboxylic acids is 2. The Morgan fingerprint density at radius 2 is 1.61 bits per heavy atom. The Balaban J connectivity index is 1.38. The van der Waals surface area contributed by atoms with Crippen LogP contribution >= 0.6 is 11.8 Å². The zero-order valence-corrected chi connectivity index (χ0v) is 16.4. The second-order valence-corrected chi connectivity index (χ2v) is 7.21. The average molecular weight is 394 g/mol. The van der Waals surface area contributed by atoms with Crippen molar-refractivity contribution in [3.05, 3.63) is 72.3 Å². The summed E-state index contributed by atoms with van der Waals surface area (Å²) in [4.78, 5) is 24.0. The van der Waals surface area contributed by atoms with Crippen LogP contribution in [0.1, 0.15) is 5.56 Å². The van der Waals surface area contributed by atoms with Crippen LogP contribution in [0.2, 0.25) is 0 Å². The van der Waals surface area contributed by atoms with Crippen molar-refractivity contribution in [2.45, 2.75) is 6.54 Å². The molecule has 3 aromatic rings. The standard InChI is InChI=1S/C22H22N2O3S/c1-27-20-10-6-16(7-11-20)13-23-21(25)14-28-15-22(26)24-19-9-8-17-4-2-3-5-18(17)12-19/h2-12H,13-15H2,1H3,(H,23,25)(H,24,26). The fourth-order valence-electron chi connectivity index (χ4n) is 2.70. The molecule has 2 N–H and O–H groups in total. The predicted octanol–water partition coefficient (Wildman–Crippen LogP) is 3.84. The van der Waals surface area contributed by atoms with Crippen LogP contribution in [-0.4, -0.2) is 30.4 Å². The molecule has 2 amide bonds. The molecule has 0 unspecified atom stereocenters. The number of hydrogen-bond donors (Lipinski definition) is 2. The van der Waals surface area contributed by atoms with Crippen molar-refractivity contribution in [1.82, 2.24) is 5.32 Å². The van der Waals surface area contributed by atoms with Crippen LogP contribution in [0.4, 0.5) is 5.69 Å². The van der Waals surface area contributed by atoms with Crippen molar-refractivity contribution in [3.63, 3.8) is 0 Å². The van der Waals surface area contributed by atoms with Gasteiger partial charge < -0.3 is 15.4 Å². The number of hydrogen-bond acceptors (Lipinski definition) is 4. The SMILES string of the molecule is COc1ccc(CNC(=O)CSCC(=O)Nc2ccc3ccccc3c2)cc1. The molecule has 6 heteroatoms. The largest absolute Gasteiger partial charge is 0.497 e. The Morgan fingerprint density at radius 1 is 0.893 bits per heavy atom. The Morgan fingerprint density at radius 3 is 2.36 bits per heavy atom. The molecular weight excluding hydrogens is 372 g/mol. The number of methoxy groups -OCH3 is 1. The Kier molecular flexibility index (Phi) is 6.92. The first kappa shape index (κ1) is 19.8. The first-order valence-corrected chi connectivity index (χ1v) is 10.1. The third-order valence-corrected chi connectivity index (χ3v) is 5.08. The number of amides is 2. The van der Waals surface area contributed by atoms with Gasteiger partial charge in [-0.25, -0.2) is 0 Å². The lowest BCUT2D eigenvalue weighted by Gasteiger charge is -2.08. The maximum Gasteiger partial charge on any atom is 0.234 e. The minimum Gasteiger partial charge on any atom is -0.497 e. The van der Waals surface area contributed by atoms with Gasteiger partial charge in [-0.15, -0.1) is 11.8 Å². The van der Waals surface area contributed by atoms with Crippen molar-refractivity contribution >= 4 is 40.0 Å². The number of fused-ring (bicyclic) bond motifs is 1. The summed E-state index contributed by atoms with van der Waals surface area (Å²) in [6.45, 7) is 0.451. The van der Waals surface area contributed by atoms with Gasteiger partial charge in [0, 0.05) is 12.2 Å². The van der Waals surface area contributed by atoms with Crippen LogP contribution in [0.5, 0.6) is 5.75 Å². The predicted molar refractivity (Wildman–Crippen MR) is 115 cm³/mol. The number of carbonyl (C=O) groups is 2. The van der Waals surface area contributed by atoms with E-state index in [1.165, 1.54) is 11.8 Å². The Labute approximate surface area is 168 Å². The van der Waals surface area contributed by atoms with E-state index in [4.69, 9.17) is 4.74 Å². The second-order valence-electron chi connectivity index (χ2n) is 6.23. The van der Waals surface area contributed by atoms with E-state index in [1.54, 1.807) is 7.11 Å². The first-order valence-electron chi connectivity index (χ1n) is 8.90. The van der Waals surface area contributed by atoms with Crippen LogP contribution in [0.3, 0.4) is 0 Å². The van der Waals surface area contributed by atoms with Gasteiger partial charge in [-0.2, -0.15) is 0 Å². The van der Waals surface area contributed by atoms with Gasteiger partial charge in [-0.05, 0) is 40.6 Å². The minimum absolute atomic E-state index is 0.0978. The number of rotatable bonds is 8. The number of anilines is 1. The normalized spacial score (nSPS) is 10.5. The van der Waals surface area contributed by atoms with Crippen LogP contribution in [0, 0.1) is 0 Å². The highest BCUT2D eigenvalue weighted by atomic mass is 32.2. The van der Waals surface area contributed by atoms with Crippen molar-refractivity contribution in [2.24, 2.45) is 0 Å². The summed E-state index contributed by atoms with van der Waals surface area (Å²) in [6, 6.07) is 21.3. The van der Waals surface area contributed by atoms with Crippen molar-refractivity contribution in [3.8, 4) is 5.75 Å². The van der Waals surface area contributed by atoms with Crippen molar-refractivity contribution < 1.29 is 14.3 Å². The van der Waals surface area contributed by atoms with E-state index < -0.39 is 0 Å². The number of benzene rings is 3. The van der Waals surface area contributed by atoms with Gasteiger partial charge in [0.1, 0.15) is 5.75 Å². The lowest BCUT2D eigenvalue weighted by atomic mass is 10.1. The molecule has 0 aliphatic carbocycles. The molecule has 0 radical (unpaired) electrons. The molecule has 144 valence electrons. The molecule has 0 aliphatic rings. The van der Waals surface area contributed by atoms with E-state index in [1.807, 2.05) is 66.7 Å². The van der Waals surface area contributed by atoms with Crippen LogP contribution in [-0.2, 0) is 16.1 Å². The second kappa shape index (κ2) is 9.80. The number of thioether (sulfide) groups is 1. The summed E-state index contributed by atoms with van der Waals surface area (Å²) < 4.78 is 5.11. The monoisotopic (exact) mass is 394 g/mol. The highest BCUT2D eigenvalue weighted by Gasteiger charge is 2.07. The van der Waals surface area contributed by atoms with Crippen molar-refractivity contribution in [2.75, 3.05) is 23.9 Å². The average Bonchev–Trinajstić information content (AvgIpc) is 2.72. The van der Waals surface area contributed by atoms with Gasteiger partial charge >= 0.3 is 0 Å². The van der Waals surface area contributed by atoms with Gasteiger partial charge in [-0.1, -0.05) is 42.5 Å². The molecule has 0 saturated carbocycles. The van der Waals surface area contributed by atoms with E-state index in [9.17, 15) is 9.59 Å². The Bertz CT molecular complexity index is 957. The number of nitrogens with one attached hydrogen (secondary N) is 2. The lowest BCUT2D eigenvalue weighted by Crippen LogP contribution is -2.25. The van der Waals surface area contributed by atoms with Crippen molar-refractivity contribution in [1.29, 1.82) is 0 Å². The highest BCUT2D eigenvalue weighted by molar-refractivity contribution is 8.00. The zero-order chi connectivity index (χ0) is 19.8. The third-order valence-electron chi connectivity index (χ3n) is 4.15. The van der Waals surface area contributed by atoms with Gasteiger partial charge in [0.25, 0.3) is 0 Å². The molecule has 3 aromatic carbocycles. The lowest BCUT2D eigenvalue weighted by molar-refractivity contribution is -0.118. The van der Waals surface area contributed by atoms with E-state index >= 15 is 0 Å². The Hall–Kier alpha value is -2.99. The van der Waals surface area contributed by atoms with Gasteiger partial charge in [0.15, 0.2) is 0 Å². The smallest absolute Gasteiger partial charge is 0.234 e. The van der Waals surface area contributed by atoms with Gasteiger partial charge in [0.2, 0.25) is 11.8 Å². The molecule has 0 fully saturated rings. The van der Waals surface area contributed by atoms with Crippen LogP contribution in [0.25, 0.3) is 10.8 Å². The van der Waals surface area contributed by atoms with Crippen LogP contribution < -0.4 is 15.4 Å². The zero-order valence-electron chi connectivity index (χ0n) is 15.6. The fourth-order valence-corrected chi connectivity index (χ4v) is 3.34. The summed E-state index contributed by atoms with van der Waals surface area (Å²) in [5.74, 6) is 1.02. The molecule has 0 heterocycles. The molecular formula is C22H22N2O3S. The molecule has 0 spiro atoms. The summed E-state index contributed by atoms with van der Waals surface area (Å²) in [5, 5.41) is 7.92. The first-order chi connectivity index (χ1) is 13.6. The maximum atomic E-state index is 12.1. The maximum absolute atomic E-state index is 12.1. The van der Waals surface area contributed by atoms with Gasteiger partial charge in [0.05, 0.1) is 18.6 Å². The molecule has 3 rings (SSSR count).